The van der Waals surface area contributed by atoms with Crippen LogP contribution in [0.1, 0.15) is 44.5 Å². The second-order valence-corrected chi connectivity index (χ2v) is 12.7. The van der Waals surface area contributed by atoms with Crippen molar-refractivity contribution in [1.29, 1.82) is 5.26 Å². The Morgan fingerprint density at radius 2 is 1.76 bits per heavy atom. The number of nitrogen functional groups attached to an aromatic ring is 1. The SMILES string of the molecule is C=CC1=C(/C=C\C)C(=O)N(CC2CN(Cc3cc4cc(Cl)ccc4n3C)CC(=O)N2Cc2ccc(C#N)c(N)c2)C1=O.CC(C)C. The van der Waals surface area contributed by atoms with Crippen molar-refractivity contribution in [2.24, 2.45) is 13.0 Å². The smallest absolute Gasteiger partial charge is 0.261 e. The number of nitrogens with zero attached hydrogens (tertiary/aromatic N) is 5. The molecule has 1 fully saturated rings. The van der Waals surface area contributed by atoms with Crippen LogP contribution in [0.5, 0.6) is 0 Å². The maximum atomic E-state index is 13.7. The first-order valence-electron chi connectivity index (χ1n) is 15.3. The number of imide groups is 1. The average Bonchev–Trinajstić information content (AvgIpc) is 3.41. The molecule has 10 heteroatoms. The summed E-state index contributed by atoms with van der Waals surface area (Å²) in [5, 5.41) is 10.9. The van der Waals surface area contributed by atoms with Crippen molar-refractivity contribution in [3.05, 3.63) is 100 Å². The third kappa shape index (κ3) is 7.41. The summed E-state index contributed by atoms with van der Waals surface area (Å²) in [6.45, 7) is 13.3. The van der Waals surface area contributed by atoms with Gasteiger partial charge in [-0.15, -0.1) is 0 Å². The van der Waals surface area contributed by atoms with E-state index in [1.807, 2.05) is 30.1 Å². The molecule has 5 rings (SSSR count). The molecule has 2 N–H and O–H groups in total. The van der Waals surface area contributed by atoms with Crippen molar-refractivity contribution in [1.82, 2.24) is 19.3 Å². The van der Waals surface area contributed by atoms with E-state index in [9.17, 15) is 19.6 Å². The van der Waals surface area contributed by atoms with Gasteiger partial charge in [-0.25, -0.2) is 0 Å². The van der Waals surface area contributed by atoms with Crippen LogP contribution in [-0.2, 0) is 34.5 Å². The van der Waals surface area contributed by atoms with Gasteiger partial charge in [-0.3, -0.25) is 24.2 Å². The summed E-state index contributed by atoms with van der Waals surface area (Å²) in [4.78, 5) is 45.2. The Morgan fingerprint density at radius 1 is 1.07 bits per heavy atom. The fourth-order valence-electron chi connectivity index (χ4n) is 5.72. The number of benzene rings is 2. The number of rotatable bonds is 8. The molecule has 9 nitrogen and oxygen atoms in total. The topological polar surface area (TPSA) is 116 Å². The Balaban J connectivity index is 0.00000113. The lowest BCUT2D eigenvalue weighted by Crippen LogP contribution is -2.59. The minimum Gasteiger partial charge on any atom is -0.398 e. The van der Waals surface area contributed by atoms with E-state index in [1.54, 1.807) is 42.2 Å². The van der Waals surface area contributed by atoms with Gasteiger partial charge in [-0.05, 0) is 54.8 Å². The first-order valence-corrected chi connectivity index (χ1v) is 15.7. The van der Waals surface area contributed by atoms with E-state index in [2.05, 4.69) is 44.1 Å². The van der Waals surface area contributed by atoms with Crippen molar-refractivity contribution in [2.75, 3.05) is 25.4 Å². The lowest BCUT2D eigenvalue weighted by Gasteiger charge is -2.42. The Bertz CT molecular complexity index is 1780. The van der Waals surface area contributed by atoms with Gasteiger partial charge in [0.1, 0.15) is 6.07 Å². The first-order chi connectivity index (χ1) is 21.9. The molecule has 3 heterocycles. The van der Waals surface area contributed by atoms with Gasteiger partial charge < -0.3 is 15.2 Å². The molecule has 1 unspecified atom stereocenters. The van der Waals surface area contributed by atoms with Gasteiger partial charge >= 0.3 is 0 Å². The normalized spacial score (nSPS) is 17.3. The van der Waals surface area contributed by atoms with Crippen LogP contribution in [0.3, 0.4) is 0 Å². The maximum Gasteiger partial charge on any atom is 0.261 e. The van der Waals surface area contributed by atoms with E-state index >= 15 is 0 Å². The standard InChI is InChI=1S/C32H31ClN6O3.C4H10/c1-4-6-27-26(5-2)31(41)39(32(27)42)18-25-17-37(16-24-13-22-12-23(33)9-10-29(22)36(24)3)19-30(40)38(25)15-20-7-8-21(14-34)28(35)11-20;1-4(2)3/h4-13,25H,2,15-19,35H2,1,3H3;4H,1-3H3/b6-4-;. The van der Waals surface area contributed by atoms with Crippen LogP contribution in [0, 0.1) is 17.2 Å². The van der Waals surface area contributed by atoms with Gasteiger partial charge in [0, 0.05) is 54.0 Å². The molecule has 1 aromatic heterocycles. The number of carbonyl (C=O) groups excluding carboxylic acids is 3. The molecule has 0 bridgehead atoms. The zero-order valence-electron chi connectivity index (χ0n) is 27.1. The van der Waals surface area contributed by atoms with Crippen LogP contribution in [-0.4, -0.2) is 62.7 Å². The predicted octanol–water partition coefficient (Wildman–Crippen LogP) is 5.59. The summed E-state index contributed by atoms with van der Waals surface area (Å²) < 4.78 is 2.08. The van der Waals surface area contributed by atoms with Crippen LogP contribution in [0.15, 0.2) is 78.4 Å². The highest BCUT2D eigenvalue weighted by atomic mass is 35.5. The molecule has 0 aliphatic carbocycles. The number of piperazine rings is 1. The predicted molar refractivity (Wildman–Crippen MR) is 182 cm³/mol. The number of nitrogens with two attached hydrogens (primary N) is 1. The van der Waals surface area contributed by atoms with Crippen molar-refractivity contribution in [3.8, 4) is 6.07 Å². The number of allylic oxidation sites excluding steroid dienone is 1. The Kier molecular flexibility index (Phi) is 10.9. The van der Waals surface area contributed by atoms with Crippen LogP contribution in [0.4, 0.5) is 5.69 Å². The number of fused-ring (bicyclic) bond motifs is 1. The zero-order chi connectivity index (χ0) is 33.7. The fraction of sp³-hybridized carbons (Fsp3) is 0.333. The highest BCUT2D eigenvalue weighted by molar-refractivity contribution is 6.31. The summed E-state index contributed by atoms with van der Waals surface area (Å²) in [5.41, 5.74) is 10.1. The van der Waals surface area contributed by atoms with Gasteiger partial charge in [0.15, 0.2) is 0 Å². The molecule has 3 amide bonds. The average molecular weight is 641 g/mol. The number of aromatic nitrogens is 1. The largest absolute Gasteiger partial charge is 0.398 e. The molecule has 240 valence electrons. The van der Waals surface area contributed by atoms with E-state index in [0.29, 0.717) is 29.4 Å². The number of aryl methyl sites for hydroxylation is 1. The van der Waals surface area contributed by atoms with Crippen LogP contribution >= 0.6 is 11.6 Å². The van der Waals surface area contributed by atoms with E-state index in [-0.39, 0.29) is 36.7 Å². The summed E-state index contributed by atoms with van der Waals surface area (Å²) in [6, 6.07) is 14.4. The molecule has 1 saturated heterocycles. The zero-order valence-corrected chi connectivity index (χ0v) is 27.8. The molecular formula is C36H41ClN6O3. The Labute approximate surface area is 275 Å². The molecule has 2 aliphatic rings. The van der Waals surface area contributed by atoms with Crippen LogP contribution in [0.2, 0.25) is 5.02 Å². The highest BCUT2D eigenvalue weighted by Crippen LogP contribution is 2.28. The van der Waals surface area contributed by atoms with E-state index in [1.165, 1.54) is 11.0 Å². The Morgan fingerprint density at radius 3 is 2.39 bits per heavy atom. The number of halogens is 1. The number of hydrogen-bond donors (Lipinski definition) is 1. The summed E-state index contributed by atoms with van der Waals surface area (Å²) in [6.07, 6.45) is 4.72. The number of amides is 3. The molecule has 0 radical (unpaired) electrons. The molecule has 0 spiro atoms. The van der Waals surface area contributed by atoms with Crippen molar-refractivity contribution >= 4 is 45.9 Å². The Hall–Kier alpha value is -4.65. The first kappa shape index (κ1) is 34.2. The minimum atomic E-state index is -0.490. The second kappa shape index (κ2) is 14.6. The number of carbonyl (C=O) groups is 3. The lowest BCUT2D eigenvalue weighted by molar-refractivity contribution is -0.147. The number of hydrogen-bond acceptors (Lipinski definition) is 6. The molecule has 3 aromatic rings. The minimum absolute atomic E-state index is 0.0226. The van der Waals surface area contributed by atoms with E-state index in [4.69, 9.17) is 17.3 Å². The van der Waals surface area contributed by atoms with Crippen LogP contribution < -0.4 is 5.73 Å². The molecule has 46 heavy (non-hydrogen) atoms. The third-order valence-corrected chi connectivity index (χ3v) is 8.07. The van der Waals surface area contributed by atoms with Crippen molar-refractivity contribution < 1.29 is 14.4 Å². The monoisotopic (exact) mass is 640 g/mol. The van der Waals surface area contributed by atoms with E-state index in [0.717, 1.165) is 28.1 Å². The number of anilines is 1. The summed E-state index contributed by atoms with van der Waals surface area (Å²) in [7, 11) is 1.98. The molecule has 2 aromatic carbocycles. The molecular weight excluding hydrogens is 600 g/mol. The van der Waals surface area contributed by atoms with Gasteiger partial charge in [-0.2, -0.15) is 5.26 Å². The van der Waals surface area contributed by atoms with Gasteiger partial charge in [0.25, 0.3) is 11.8 Å². The number of nitriles is 1. The van der Waals surface area contributed by atoms with Crippen molar-refractivity contribution in [2.45, 2.75) is 46.8 Å². The quantitative estimate of drug-likeness (QED) is 0.254. The van der Waals surface area contributed by atoms with Gasteiger partial charge in [0.2, 0.25) is 5.91 Å². The molecule has 2 aliphatic heterocycles. The van der Waals surface area contributed by atoms with E-state index < -0.39 is 17.9 Å². The van der Waals surface area contributed by atoms with Crippen molar-refractivity contribution in [3.63, 3.8) is 0 Å². The fourth-order valence-corrected chi connectivity index (χ4v) is 5.90. The summed E-state index contributed by atoms with van der Waals surface area (Å²) in [5.74, 6) is -0.146. The highest BCUT2D eigenvalue weighted by Gasteiger charge is 2.41. The molecule has 1 atom stereocenters. The van der Waals surface area contributed by atoms with Gasteiger partial charge in [0.05, 0.1) is 35.8 Å². The maximum absolute atomic E-state index is 13.7. The molecule has 0 saturated carbocycles. The van der Waals surface area contributed by atoms with Gasteiger partial charge in [-0.1, -0.05) is 63.2 Å². The third-order valence-electron chi connectivity index (χ3n) is 7.84. The second-order valence-electron chi connectivity index (χ2n) is 12.3. The lowest BCUT2D eigenvalue weighted by atomic mass is 10.1. The van der Waals surface area contributed by atoms with Crippen LogP contribution in [0.25, 0.3) is 10.9 Å². The summed E-state index contributed by atoms with van der Waals surface area (Å²) >= 11 is 6.21.